The van der Waals surface area contributed by atoms with E-state index in [9.17, 15) is 0 Å². The molecule has 8 atom stereocenters. The van der Waals surface area contributed by atoms with Gasteiger partial charge in [-0.15, -0.1) is 0 Å². The third-order valence-electron chi connectivity index (χ3n) is 6.46. The smallest absolute Gasteiger partial charge is 0.201 e. The first-order valence-corrected chi connectivity index (χ1v) is 10.00. The van der Waals surface area contributed by atoms with E-state index < -0.39 is 17.7 Å². The van der Waals surface area contributed by atoms with Crippen molar-refractivity contribution >= 4 is 15.9 Å². The zero-order chi connectivity index (χ0) is 16.2. The van der Waals surface area contributed by atoms with Crippen LogP contribution in [0.5, 0.6) is 0 Å². The molecular formula is C17H27BrO5. The molecule has 6 heteroatoms. The van der Waals surface area contributed by atoms with Gasteiger partial charge in [0.2, 0.25) is 5.79 Å². The van der Waals surface area contributed by atoms with Crippen LogP contribution in [0, 0.1) is 23.7 Å². The van der Waals surface area contributed by atoms with Gasteiger partial charge in [-0.3, -0.25) is 0 Å². The number of ether oxygens (including phenoxy) is 3. The Morgan fingerprint density at radius 1 is 1.13 bits per heavy atom. The third kappa shape index (κ3) is 2.44. The highest BCUT2D eigenvalue weighted by molar-refractivity contribution is 9.09. The van der Waals surface area contributed by atoms with Crippen LogP contribution in [0.1, 0.15) is 46.5 Å². The predicted molar refractivity (Wildman–Crippen MR) is 86.6 cm³/mol. The molecule has 2 unspecified atom stereocenters. The van der Waals surface area contributed by atoms with Gasteiger partial charge in [0.1, 0.15) is 0 Å². The first-order chi connectivity index (χ1) is 11.0. The Morgan fingerprint density at radius 3 is 2.74 bits per heavy atom. The minimum absolute atomic E-state index is 0.242. The van der Waals surface area contributed by atoms with Crippen molar-refractivity contribution in [3.63, 3.8) is 0 Å². The van der Waals surface area contributed by atoms with Crippen molar-refractivity contribution < 1.29 is 24.0 Å². The van der Waals surface area contributed by atoms with Gasteiger partial charge >= 0.3 is 0 Å². The van der Waals surface area contributed by atoms with E-state index >= 15 is 0 Å². The van der Waals surface area contributed by atoms with E-state index in [-0.39, 0.29) is 12.2 Å². The monoisotopic (exact) mass is 390 g/mol. The van der Waals surface area contributed by atoms with Crippen molar-refractivity contribution in [2.24, 2.45) is 23.7 Å². The summed E-state index contributed by atoms with van der Waals surface area (Å²) < 4.78 is 18.5. The Morgan fingerprint density at radius 2 is 1.96 bits per heavy atom. The van der Waals surface area contributed by atoms with Crippen molar-refractivity contribution in [3.8, 4) is 0 Å². The number of rotatable bonds is 3. The molecule has 4 heterocycles. The number of fused-ring (bicyclic) bond motifs is 2. The van der Waals surface area contributed by atoms with Gasteiger partial charge in [0.25, 0.3) is 0 Å². The lowest BCUT2D eigenvalue weighted by atomic mass is 9.58. The maximum absolute atomic E-state index is 6.29. The fraction of sp³-hybridized carbons (Fsp3) is 1.00. The maximum atomic E-state index is 6.29. The summed E-state index contributed by atoms with van der Waals surface area (Å²) in [6, 6.07) is 0. The van der Waals surface area contributed by atoms with E-state index in [1.165, 1.54) is 6.42 Å². The molecule has 0 amide bonds. The second-order valence-electron chi connectivity index (χ2n) is 7.83. The molecule has 4 aliphatic heterocycles. The molecule has 23 heavy (non-hydrogen) atoms. The molecular weight excluding hydrogens is 364 g/mol. The Kier molecular flexibility index (Phi) is 4.31. The molecule has 5 aliphatic rings. The van der Waals surface area contributed by atoms with E-state index in [1.54, 1.807) is 0 Å². The van der Waals surface area contributed by atoms with Crippen molar-refractivity contribution in [1.29, 1.82) is 0 Å². The molecule has 132 valence electrons. The molecule has 1 spiro atoms. The fourth-order valence-electron chi connectivity index (χ4n) is 5.22. The van der Waals surface area contributed by atoms with Crippen LogP contribution in [-0.4, -0.2) is 35.9 Å². The van der Waals surface area contributed by atoms with Crippen LogP contribution < -0.4 is 0 Å². The normalized spacial score (nSPS) is 55.3. The molecule has 4 saturated heterocycles. The van der Waals surface area contributed by atoms with Gasteiger partial charge in [-0.05, 0) is 38.0 Å². The summed E-state index contributed by atoms with van der Waals surface area (Å²) in [5, 5.41) is 0.803. The van der Waals surface area contributed by atoms with Crippen LogP contribution in [-0.2, 0) is 24.0 Å². The van der Waals surface area contributed by atoms with Crippen LogP contribution in [0.3, 0.4) is 0 Å². The van der Waals surface area contributed by atoms with E-state index in [0.717, 1.165) is 24.6 Å². The largest absolute Gasteiger partial charge is 0.351 e. The van der Waals surface area contributed by atoms with E-state index in [4.69, 9.17) is 24.0 Å². The van der Waals surface area contributed by atoms with Crippen LogP contribution in [0.2, 0.25) is 0 Å². The number of hydrogen-bond donors (Lipinski definition) is 0. The molecule has 5 nitrogen and oxygen atoms in total. The molecule has 0 aromatic carbocycles. The second kappa shape index (κ2) is 5.92. The maximum Gasteiger partial charge on any atom is 0.201 e. The van der Waals surface area contributed by atoms with Gasteiger partial charge in [-0.1, -0.05) is 29.8 Å². The first kappa shape index (κ1) is 16.7. The van der Waals surface area contributed by atoms with Gasteiger partial charge in [-0.2, -0.15) is 0 Å². The standard InChI is InChI=1S/C17H27BrO5/c1-10-4-5-13-11(2)14(19-9-8-18)20-15-17(13)12(10)6-7-16(3,21-15)22-23-17/h10-15H,4-9H2,1-3H3/t10-,11-,12+,13?,14+,15?,16-,17-/m1/s1. The van der Waals surface area contributed by atoms with Crippen molar-refractivity contribution in [2.75, 3.05) is 11.9 Å². The molecule has 1 aliphatic carbocycles. The minimum atomic E-state index is -0.710. The summed E-state index contributed by atoms with van der Waals surface area (Å²) >= 11 is 3.42. The van der Waals surface area contributed by atoms with Gasteiger partial charge < -0.3 is 14.2 Å². The number of halogens is 1. The highest BCUT2D eigenvalue weighted by Crippen LogP contribution is 2.60. The fourth-order valence-corrected chi connectivity index (χ4v) is 5.41. The third-order valence-corrected chi connectivity index (χ3v) is 6.78. The van der Waals surface area contributed by atoms with Crippen molar-refractivity contribution in [1.82, 2.24) is 0 Å². The van der Waals surface area contributed by atoms with E-state index in [1.807, 2.05) is 6.92 Å². The Bertz CT molecular complexity index is 462. The van der Waals surface area contributed by atoms with Crippen LogP contribution in [0.25, 0.3) is 0 Å². The van der Waals surface area contributed by atoms with Crippen molar-refractivity contribution in [2.45, 2.75) is 70.4 Å². The highest BCUT2D eigenvalue weighted by atomic mass is 79.9. The van der Waals surface area contributed by atoms with E-state index in [0.29, 0.717) is 24.4 Å². The molecule has 5 rings (SSSR count). The lowest BCUT2D eigenvalue weighted by Crippen LogP contribution is -2.70. The highest BCUT2D eigenvalue weighted by Gasteiger charge is 2.69. The van der Waals surface area contributed by atoms with Crippen LogP contribution >= 0.6 is 15.9 Å². The van der Waals surface area contributed by atoms with Gasteiger partial charge in [0.05, 0.1) is 6.61 Å². The average Bonchev–Trinajstić information content (AvgIpc) is 2.76. The Hall–Kier alpha value is 0.280. The summed E-state index contributed by atoms with van der Waals surface area (Å²) in [5.74, 6) is 0.894. The molecule has 0 N–H and O–H groups in total. The molecule has 1 saturated carbocycles. The number of hydrogen-bond acceptors (Lipinski definition) is 5. The quantitative estimate of drug-likeness (QED) is 0.544. The molecule has 5 fully saturated rings. The Labute approximate surface area is 146 Å². The van der Waals surface area contributed by atoms with Crippen LogP contribution in [0.15, 0.2) is 0 Å². The van der Waals surface area contributed by atoms with Crippen molar-refractivity contribution in [3.05, 3.63) is 0 Å². The van der Waals surface area contributed by atoms with E-state index in [2.05, 4.69) is 29.8 Å². The molecule has 0 aromatic rings. The SMILES string of the molecule is C[C@@H]1CCC2[C@@H](C)[C@@H](OCCBr)OC3O[C@@]4(C)CC[C@@H]1[C@]32OO4. The summed E-state index contributed by atoms with van der Waals surface area (Å²) in [7, 11) is 0. The van der Waals surface area contributed by atoms with Crippen LogP contribution in [0.4, 0.5) is 0 Å². The minimum Gasteiger partial charge on any atom is -0.351 e. The van der Waals surface area contributed by atoms with Gasteiger partial charge in [-0.25, -0.2) is 9.78 Å². The number of alkyl halides is 1. The summed E-state index contributed by atoms with van der Waals surface area (Å²) in [6.07, 6.45) is 3.59. The lowest BCUT2D eigenvalue weighted by Gasteiger charge is -2.60. The lowest BCUT2D eigenvalue weighted by molar-refractivity contribution is -0.577. The summed E-state index contributed by atoms with van der Waals surface area (Å²) in [5.41, 5.74) is -0.485. The molecule has 0 radical (unpaired) electrons. The zero-order valence-corrected chi connectivity index (χ0v) is 15.7. The zero-order valence-electron chi connectivity index (χ0n) is 14.1. The van der Waals surface area contributed by atoms with Gasteiger partial charge in [0.15, 0.2) is 18.2 Å². The van der Waals surface area contributed by atoms with Gasteiger partial charge in [0, 0.05) is 23.6 Å². The summed E-state index contributed by atoms with van der Waals surface area (Å²) in [6.45, 7) is 7.13. The second-order valence-corrected chi connectivity index (χ2v) is 8.63. The molecule has 0 aromatic heterocycles. The average molecular weight is 391 g/mol. The topological polar surface area (TPSA) is 46.2 Å². The molecule has 2 bridgehead atoms. The Balaban J connectivity index is 1.70. The first-order valence-electron chi connectivity index (χ1n) is 8.88. The summed E-state index contributed by atoms with van der Waals surface area (Å²) in [4.78, 5) is 11.9. The predicted octanol–water partition coefficient (Wildman–Crippen LogP) is 3.61.